The van der Waals surface area contributed by atoms with Crippen LogP contribution in [0, 0.1) is 0 Å². The molecule has 0 aliphatic carbocycles. The molecule has 0 saturated carbocycles. The fraction of sp³-hybridized carbons (Fsp3) is 0.389. The summed E-state index contributed by atoms with van der Waals surface area (Å²) in [5.74, 6) is 1.50. The van der Waals surface area contributed by atoms with Gasteiger partial charge in [-0.25, -0.2) is 0 Å². The fourth-order valence-electron chi connectivity index (χ4n) is 2.22. The summed E-state index contributed by atoms with van der Waals surface area (Å²) in [6.45, 7) is 6.97. The largest absolute Gasteiger partial charge is 0.493 e. The number of ether oxygens (including phenoxy) is 2. The first-order valence-electron chi connectivity index (χ1n) is 7.50. The minimum Gasteiger partial charge on any atom is -0.493 e. The lowest BCUT2D eigenvalue weighted by molar-refractivity contribution is 0.101. The van der Waals surface area contributed by atoms with Gasteiger partial charge >= 0.3 is 0 Å². The quantitative estimate of drug-likeness (QED) is 0.697. The molecule has 2 aromatic carbocycles. The van der Waals surface area contributed by atoms with E-state index in [0.29, 0.717) is 24.5 Å². The van der Waals surface area contributed by atoms with Crippen LogP contribution >= 0.6 is 0 Å². The summed E-state index contributed by atoms with van der Waals surface area (Å²) in [4.78, 5) is 11.8. The second kappa shape index (κ2) is 7.11. The zero-order valence-corrected chi connectivity index (χ0v) is 12.9. The molecular weight excluding hydrogens is 264 g/mol. The molecule has 0 aromatic heterocycles. The zero-order valence-electron chi connectivity index (χ0n) is 12.9. The van der Waals surface area contributed by atoms with E-state index in [-0.39, 0.29) is 5.78 Å². The van der Waals surface area contributed by atoms with Crippen LogP contribution in [0.1, 0.15) is 44.0 Å². The topological polar surface area (TPSA) is 35.5 Å². The maximum absolute atomic E-state index is 11.8. The SMILES string of the molecule is CCCOc1cc2c(OCCC)cccc2cc1C(C)=O. The first-order valence-corrected chi connectivity index (χ1v) is 7.50. The van der Waals surface area contributed by atoms with Gasteiger partial charge in [-0.1, -0.05) is 26.0 Å². The zero-order chi connectivity index (χ0) is 15.2. The van der Waals surface area contributed by atoms with Crippen molar-refractivity contribution in [2.24, 2.45) is 0 Å². The van der Waals surface area contributed by atoms with Crippen LogP contribution in [-0.4, -0.2) is 19.0 Å². The van der Waals surface area contributed by atoms with E-state index in [0.717, 1.165) is 29.4 Å². The molecule has 112 valence electrons. The Hall–Kier alpha value is -2.03. The van der Waals surface area contributed by atoms with Crippen LogP contribution in [-0.2, 0) is 0 Å². The van der Waals surface area contributed by atoms with Gasteiger partial charge in [-0.3, -0.25) is 4.79 Å². The van der Waals surface area contributed by atoms with E-state index in [1.54, 1.807) is 6.92 Å². The molecule has 2 rings (SSSR count). The minimum atomic E-state index is 0.0166. The van der Waals surface area contributed by atoms with Gasteiger partial charge in [0.15, 0.2) is 5.78 Å². The number of carbonyl (C=O) groups excluding carboxylic acids is 1. The van der Waals surface area contributed by atoms with Crippen LogP contribution in [0.2, 0.25) is 0 Å². The monoisotopic (exact) mass is 286 g/mol. The Morgan fingerprint density at radius 3 is 2.29 bits per heavy atom. The Morgan fingerprint density at radius 2 is 1.67 bits per heavy atom. The van der Waals surface area contributed by atoms with Crippen molar-refractivity contribution in [2.45, 2.75) is 33.6 Å². The van der Waals surface area contributed by atoms with Gasteiger partial charge in [0.1, 0.15) is 11.5 Å². The van der Waals surface area contributed by atoms with Crippen molar-refractivity contribution in [3.8, 4) is 11.5 Å². The van der Waals surface area contributed by atoms with E-state index in [4.69, 9.17) is 9.47 Å². The molecule has 0 aliphatic heterocycles. The first kappa shape index (κ1) is 15.4. The molecule has 0 bridgehead atoms. The summed E-state index contributed by atoms with van der Waals surface area (Å²) in [7, 11) is 0. The van der Waals surface area contributed by atoms with Gasteiger partial charge in [-0.05, 0) is 43.4 Å². The lowest BCUT2D eigenvalue weighted by atomic mass is 10.0. The Morgan fingerprint density at radius 1 is 1.00 bits per heavy atom. The number of fused-ring (bicyclic) bond motifs is 1. The summed E-state index contributed by atoms with van der Waals surface area (Å²) >= 11 is 0. The minimum absolute atomic E-state index is 0.0166. The van der Waals surface area contributed by atoms with E-state index >= 15 is 0 Å². The second-order valence-electron chi connectivity index (χ2n) is 5.08. The van der Waals surface area contributed by atoms with Crippen LogP contribution < -0.4 is 9.47 Å². The average molecular weight is 286 g/mol. The van der Waals surface area contributed by atoms with Crippen LogP contribution in [0.4, 0.5) is 0 Å². The Bertz CT molecular complexity index is 632. The Kier molecular flexibility index (Phi) is 5.20. The normalized spacial score (nSPS) is 10.6. The molecule has 21 heavy (non-hydrogen) atoms. The third kappa shape index (κ3) is 3.54. The van der Waals surface area contributed by atoms with Gasteiger partial charge in [0.2, 0.25) is 0 Å². The summed E-state index contributed by atoms with van der Waals surface area (Å²) in [6, 6.07) is 9.71. The Labute approximate surface area is 125 Å². The molecule has 3 heteroatoms. The molecule has 0 fully saturated rings. The molecular formula is C18H22O3. The van der Waals surface area contributed by atoms with Gasteiger partial charge in [-0.15, -0.1) is 0 Å². The van der Waals surface area contributed by atoms with E-state index in [9.17, 15) is 4.79 Å². The second-order valence-corrected chi connectivity index (χ2v) is 5.08. The molecule has 0 spiro atoms. The fourth-order valence-corrected chi connectivity index (χ4v) is 2.22. The molecule has 3 nitrogen and oxygen atoms in total. The molecule has 0 unspecified atom stereocenters. The number of Topliss-reactive ketones (excluding diaryl/α,β-unsaturated/α-hetero) is 1. The van der Waals surface area contributed by atoms with Gasteiger partial charge in [0.25, 0.3) is 0 Å². The summed E-state index contributed by atoms with van der Waals surface area (Å²) < 4.78 is 11.5. The Balaban J connectivity index is 2.52. The highest BCUT2D eigenvalue weighted by molar-refractivity contribution is 6.02. The number of benzene rings is 2. The van der Waals surface area contributed by atoms with Gasteiger partial charge in [-0.2, -0.15) is 0 Å². The average Bonchev–Trinajstić information content (AvgIpc) is 2.49. The van der Waals surface area contributed by atoms with E-state index < -0.39 is 0 Å². The number of hydrogen-bond donors (Lipinski definition) is 0. The molecule has 0 N–H and O–H groups in total. The molecule has 0 atom stereocenters. The van der Waals surface area contributed by atoms with Crippen LogP contribution in [0.15, 0.2) is 30.3 Å². The molecule has 0 radical (unpaired) electrons. The van der Waals surface area contributed by atoms with Gasteiger partial charge in [0, 0.05) is 5.39 Å². The van der Waals surface area contributed by atoms with E-state index in [1.807, 2.05) is 37.3 Å². The van der Waals surface area contributed by atoms with Crippen LogP contribution in [0.25, 0.3) is 10.8 Å². The van der Waals surface area contributed by atoms with Crippen molar-refractivity contribution in [1.29, 1.82) is 0 Å². The smallest absolute Gasteiger partial charge is 0.163 e. The summed E-state index contributed by atoms with van der Waals surface area (Å²) in [6.07, 6.45) is 1.87. The number of hydrogen-bond acceptors (Lipinski definition) is 3. The maximum Gasteiger partial charge on any atom is 0.163 e. The third-order valence-corrected chi connectivity index (χ3v) is 3.24. The lowest BCUT2D eigenvalue weighted by Crippen LogP contribution is -2.03. The highest BCUT2D eigenvalue weighted by atomic mass is 16.5. The summed E-state index contributed by atoms with van der Waals surface area (Å²) in [5.41, 5.74) is 0.628. The molecule has 0 saturated heterocycles. The van der Waals surface area contributed by atoms with Crippen molar-refractivity contribution in [1.82, 2.24) is 0 Å². The van der Waals surface area contributed by atoms with E-state index in [1.165, 1.54) is 0 Å². The van der Waals surface area contributed by atoms with Crippen molar-refractivity contribution in [2.75, 3.05) is 13.2 Å². The molecule has 0 heterocycles. The summed E-state index contributed by atoms with van der Waals surface area (Å²) in [5, 5.41) is 1.99. The lowest BCUT2D eigenvalue weighted by Gasteiger charge is -2.13. The van der Waals surface area contributed by atoms with Gasteiger partial charge in [0.05, 0.1) is 18.8 Å². The molecule has 0 amide bonds. The third-order valence-electron chi connectivity index (χ3n) is 3.24. The predicted octanol–water partition coefficient (Wildman–Crippen LogP) is 4.62. The molecule has 0 aliphatic rings. The highest BCUT2D eigenvalue weighted by Crippen LogP contribution is 2.32. The standard InChI is InChI=1S/C18H22O3/c1-4-9-20-17-8-6-7-14-11-15(13(3)19)18(12-16(14)17)21-10-5-2/h6-8,11-12H,4-5,9-10H2,1-3H3. The van der Waals surface area contributed by atoms with Crippen LogP contribution in [0.3, 0.4) is 0 Å². The predicted molar refractivity (Wildman–Crippen MR) is 85.5 cm³/mol. The van der Waals surface area contributed by atoms with E-state index in [2.05, 4.69) is 6.92 Å². The van der Waals surface area contributed by atoms with Crippen molar-refractivity contribution in [3.05, 3.63) is 35.9 Å². The first-order chi connectivity index (χ1) is 10.2. The number of ketones is 1. The van der Waals surface area contributed by atoms with Crippen LogP contribution in [0.5, 0.6) is 11.5 Å². The van der Waals surface area contributed by atoms with Crippen molar-refractivity contribution in [3.63, 3.8) is 0 Å². The number of rotatable bonds is 7. The highest BCUT2D eigenvalue weighted by Gasteiger charge is 2.12. The molecule has 2 aromatic rings. The maximum atomic E-state index is 11.8. The van der Waals surface area contributed by atoms with Crippen molar-refractivity contribution >= 4 is 16.6 Å². The van der Waals surface area contributed by atoms with Crippen molar-refractivity contribution < 1.29 is 14.3 Å². The van der Waals surface area contributed by atoms with Gasteiger partial charge < -0.3 is 9.47 Å². The number of carbonyl (C=O) groups is 1.